The number of hydrogen-bond donors (Lipinski definition) is 1. The maximum Gasteiger partial charge on any atom is 0.333 e. The standard InChI is InChI=1S/C16H16FNO2/c1-11-8-9-12(17)10-14(11)15(16(19)20-2)18-13-6-4-3-5-7-13/h3-10,15,18H,1-2H3. The maximum atomic E-state index is 13.4. The van der Waals surface area contributed by atoms with Crippen LogP contribution in [0.3, 0.4) is 0 Å². The number of carbonyl (C=O) groups is 1. The first-order valence-electron chi connectivity index (χ1n) is 6.27. The molecule has 0 saturated heterocycles. The number of esters is 1. The number of benzene rings is 2. The normalized spacial score (nSPS) is 11.8. The molecule has 0 bridgehead atoms. The number of para-hydroxylation sites is 1. The number of aryl methyl sites for hydroxylation is 1. The molecule has 3 nitrogen and oxygen atoms in total. The van der Waals surface area contributed by atoms with Gasteiger partial charge in [-0.15, -0.1) is 0 Å². The lowest BCUT2D eigenvalue weighted by molar-refractivity contribution is -0.141. The molecule has 2 aromatic rings. The summed E-state index contributed by atoms with van der Waals surface area (Å²) in [4.78, 5) is 12.0. The molecule has 0 amide bonds. The fourth-order valence-corrected chi connectivity index (χ4v) is 2.00. The summed E-state index contributed by atoms with van der Waals surface area (Å²) < 4.78 is 18.2. The summed E-state index contributed by atoms with van der Waals surface area (Å²) in [5.74, 6) is -0.836. The predicted octanol–water partition coefficient (Wildman–Crippen LogP) is 3.46. The largest absolute Gasteiger partial charge is 0.467 e. The number of ether oxygens (including phenoxy) is 1. The molecule has 1 unspecified atom stereocenters. The molecular weight excluding hydrogens is 257 g/mol. The van der Waals surface area contributed by atoms with Crippen LogP contribution in [0, 0.1) is 12.7 Å². The van der Waals surface area contributed by atoms with Gasteiger partial charge < -0.3 is 10.1 Å². The molecule has 0 aliphatic rings. The second-order valence-electron chi connectivity index (χ2n) is 4.47. The third-order valence-electron chi connectivity index (χ3n) is 3.07. The highest BCUT2D eigenvalue weighted by Crippen LogP contribution is 2.24. The Morgan fingerprint density at radius 2 is 1.90 bits per heavy atom. The number of carbonyl (C=O) groups excluding carboxylic acids is 1. The summed E-state index contributed by atoms with van der Waals surface area (Å²) in [6.07, 6.45) is 0. The molecule has 2 rings (SSSR count). The number of rotatable bonds is 4. The molecule has 0 spiro atoms. The highest BCUT2D eigenvalue weighted by molar-refractivity contribution is 5.81. The van der Waals surface area contributed by atoms with Crippen LogP contribution in [0.25, 0.3) is 0 Å². The zero-order valence-corrected chi connectivity index (χ0v) is 11.4. The molecule has 0 fully saturated rings. The Balaban J connectivity index is 2.37. The maximum absolute atomic E-state index is 13.4. The summed E-state index contributed by atoms with van der Waals surface area (Å²) in [6.45, 7) is 1.83. The van der Waals surface area contributed by atoms with Gasteiger partial charge in [0.1, 0.15) is 5.82 Å². The van der Waals surface area contributed by atoms with Crippen LogP contribution in [0.5, 0.6) is 0 Å². The van der Waals surface area contributed by atoms with Gasteiger partial charge in [-0.3, -0.25) is 0 Å². The Bertz CT molecular complexity index is 599. The summed E-state index contributed by atoms with van der Waals surface area (Å²) in [5, 5.41) is 3.07. The van der Waals surface area contributed by atoms with Gasteiger partial charge in [0.05, 0.1) is 7.11 Å². The van der Waals surface area contributed by atoms with E-state index in [1.807, 2.05) is 37.3 Å². The Morgan fingerprint density at radius 1 is 1.20 bits per heavy atom. The smallest absolute Gasteiger partial charge is 0.333 e. The first-order valence-corrected chi connectivity index (χ1v) is 6.27. The van der Waals surface area contributed by atoms with E-state index in [1.54, 1.807) is 6.07 Å². The predicted molar refractivity (Wildman–Crippen MR) is 76.0 cm³/mol. The summed E-state index contributed by atoms with van der Waals surface area (Å²) in [6, 6.07) is 12.9. The van der Waals surface area contributed by atoms with Crippen molar-refractivity contribution in [1.82, 2.24) is 0 Å². The third-order valence-corrected chi connectivity index (χ3v) is 3.07. The van der Waals surface area contributed by atoms with E-state index in [4.69, 9.17) is 4.74 Å². The van der Waals surface area contributed by atoms with E-state index in [2.05, 4.69) is 5.32 Å². The molecule has 4 heteroatoms. The van der Waals surface area contributed by atoms with E-state index in [0.29, 0.717) is 5.56 Å². The molecule has 1 N–H and O–H groups in total. The van der Waals surface area contributed by atoms with Gasteiger partial charge in [-0.05, 0) is 42.3 Å². The molecule has 0 heterocycles. The zero-order valence-electron chi connectivity index (χ0n) is 11.4. The Kier molecular flexibility index (Phi) is 4.35. The average Bonchev–Trinajstić information content (AvgIpc) is 2.48. The third kappa shape index (κ3) is 3.15. The van der Waals surface area contributed by atoms with Gasteiger partial charge in [0.15, 0.2) is 6.04 Å². The summed E-state index contributed by atoms with van der Waals surface area (Å²) in [5.41, 5.74) is 2.16. The van der Waals surface area contributed by atoms with Gasteiger partial charge in [0, 0.05) is 5.69 Å². The number of hydrogen-bond acceptors (Lipinski definition) is 3. The van der Waals surface area contributed by atoms with E-state index >= 15 is 0 Å². The molecule has 0 aromatic heterocycles. The van der Waals surface area contributed by atoms with Crippen molar-refractivity contribution in [2.75, 3.05) is 12.4 Å². The van der Waals surface area contributed by atoms with Crippen LogP contribution in [0.4, 0.5) is 10.1 Å². The van der Waals surface area contributed by atoms with Gasteiger partial charge in [-0.1, -0.05) is 24.3 Å². The number of halogens is 1. The lowest BCUT2D eigenvalue weighted by atomic mass is 10.0. The first-order chi connectivity index (χ1) is 9.61. The van der Waals surface area contributed by atoms with Gasteiger partial charge in [0.2, 0.25) is 0 Å². The van der Waals surface area contributed by atoms with E-state index in [0.717, 1.165) is 11.3 Å². The second kappa shape index (κ2) is 6.19. The van der Waals surface area contributed by atoms with Gasteiger partial charge in [0.25, 0.3) is 0 Å². The number of methoxy groups -OCH3 is 1. The van der Waals surface area contributed by atoms with Crippen LogP contribution in [-0.2, 0) is 9.53 Å². The number of nitrogens with one attached hydrogen (secondary N) is 1. The molecule has 0 aliphatic heterocycles. The van der Waals surface area contributed by atoms with Crippen LogP contribution in [0.1, 0.15) is 17.2 Å². The molecule has 20 heavy (non-hydrogen) atoms. The van der Waals surface area contributed by atoms with Crippen molar-refractivity contribution in [2.45, 2.75) is 13.0 Å². The minimum Gasteiger partial charge on any atom is -0.467 e. The Hall–Kier alpha value is -2.36. The van der Waals surface area contributed by atoms with Crippen molar-refractivity contribution in [3.8, 4) is 0 Å². The van der Waals surface area contributed by atoms with Gasteiger partial charge in [-0.25, -0.2) is 9.18 Å². The highest BCUT2D eigenvalue weighted by Gasteiger charge is 2.23. The lowest BCUT2D eigenvalue weighted by Crippen LogP contribution is -2.23. The molecule has 104 valence electrons. The second-order valence-corrected chi connectivity index (χ2v) is 4.47. The highest BCUT2D eigenvalue weighted by atomic mass is 19.1. The summed E-state index contributed by atoms with van der Waals surface area (Å²) >= 11 is 0. The van der Waals surface area contributed by atoms with Crippen molar-refractivity contribution < 1.29 is 13.9 Å². The fraction of sp³-hybridized carbons (Fsp3) is 0.188. The van der Waals surface area contributed by atoms with Gasteiger partial charge >= 0.3 is 5.97 Å². The van der Waals surface area contributed by atoms with E-state index in [1.165, 1.54) is 19.2 Å². The van der Waals surface area contributed by atoms with Crippen LogP contribution in [0.15, 0.2) is 48.5 Å². The van der Waals surface area contributed by atoms with Crippen molar-refractivity contribution in [3.05, 3.63) is 65.5 Å². The molecule has 0 radical (unpaired) electrons. The minimum atomic E-state index is -0.738. The molecular formula is C16H16FNO2. The lowest BCUT2D eigenvalue weighted by Gasteiger charge is -2.20. The molecule has 0 saturated carbocycles. The SMILES string of the molecule is COC(=O)C(Nc1ccccc1)c1cc(F)ccc1C. The van der Waals surface area contributed by atoms with Gasteiger partial charge in [-0.2, -0.15) is 0 Å². The first kappa shape index (κ1) is 14.1. The van der Waals surface area contributed by atoms with Crippen LogP contribution >= 0.6 is 0 Å². The minimum absolute atomic E-state index is 0.380. The van der Waals surface area contributed by atoms with Crippen molar-refractivity contribution in [2.24, 2.45) is 0 Å². The van der Waals surface area contributed by atoms with Crippen LogP contribution in [-0.4, -0.2) is 13.1 Å². The van der Waals surface area contributed by atoms with Crippen LogP contribution in [0.2, 0.25) is 0 Å². The quantitative estimate of drug-likeness (QED) is 0.867. The summed E-state index contributed by atoms with van der Waals surface area (Å²) in [7, 11) is 1.32. The Morgan fingerprint density at radius 3 is 2.55 bits per heavy atom. The zero-order chi connectivity index (χ0) is 14.5. The van der Waals surface area contributed by atoms with Crippen molar-refractivity contribution in [3.63, 3.8) is 0 Å². The van der Waals surface area contributed by atoms with E-state index in [9.17, 15) is 9.18 Å². The topological polar surface area (TPSA) is 38.3 Å². The van der Waals surface area contributed by atoms with E-state index in [-0.39, 0.29) is 5.82 Å². The monoisotopic (exact) mass is 273 g/mol. The van der Waals surface area contributed by atoms with Crippen molar-refractivity contribution in [1.29, 1.82) is 0 Å². The molecule has 2 aromatic carbocycles. The fourth-order valence-electron chi connectivity index (χ4n) is 2.00. The van der Waals surface area contributed by atoms with Crippen LogP contribution < -0.4 is 5.32 Å². The Labute approximate surface area is 117 Å². The number of anilines is 1. The molecule has 1 atom stereocenters. The molecule has 0 aliphatic carbocycles. The van der Waals surface area contributed by atoms with E-state index < -0.39 is 12.0 Å². The average molecular weight is 273 g/mol. The van der Waals surface area contributed by atoms with Crippen molar-refractivity contribution >= 4 is 11.7 Å².